The van der Waals surface area contributed by atoms with Gasteiger partial charge in [-0.15, -0.1) is 0 Å². The van der Waals surface area contributed by atoms with Gasteiger partial charge in [-0.25, -0.2) is 0 Å². The summed E-state index contributed by atoms with van der Waals surface area (Å²) in [6, 6.07) is 2.87. The van der Waals surface area contributed by atoms with Crippen molar-refractivity contribution < 1.29 is 9.72 Å². The van der Waals surface area contributed by atoms with Crippen LogP contribution in [0, 0.1) is 17.0 Å². The number of aryl methyl sites for hydroxylation is 1. The molecular weight excluding hydrogens is 208 g/mol. The van der Waals surface area contributed by atoms with Gasteiger partial charge in [0.15, 0.2) is 0 Å². The summed E-state index contributed by atoms with van der Waals surface area (Å²) in [6.45, 7) is 1.56. The molecule has 0 saturated heterocycles. The highest BCUT2D eigenvalue weighted by atomic mass is 35.5. The first-order chi connectivity index (χ1) is 6.45. The molecule has 0 atom stereocenters. The topological polar surface area (TPSA) is 86.2 Å². The fraction of sp³-hybridized carbons (Fsp3) is 0.125. The Kier molecular flexibility index (Phi) is 2.71. The van der Waals surface area contributed by atoms with E-state index in [-0.39, 0.29) is 10.6 Å². The molecule has 0 saturated carbocycles. The van der Waals surface area contributed by atoms with Crippen LogP contribution in [0.3, 0.4) is 0 Å². The number of hydrogen-bond acceptors (Lipinski definition) is 3. The van der Waals surface area contributed by atoms with E-state index in [1.54, 1.807) is 6.92 Å². The summed E-state index contributed by atoms with van der Waals surface area (Å²) < 4.78 is 0. The van der Waals surface area contributed by atoms with Gasteiger partial charge in [0.1, 0.15) is 10.6 Å². The number of carbonyl (C=O) groups is 1. The zero-order valence-corrected chi connectivity index (χ0v) is 8.04. The third-order valence-electron chi connectivity index (χ3n) is 1.77. The molecule has 14 heavy (non-hydrogen) atoms. The number of primary amides is 1. The van der Waals surface area contributed by atoms with E-state index in [2.05, 4.69) is 0 Å². The molecule has 0 aliphatic carbocycles. The quantitative estimate of drug-likeness (QED) is 0.600. The summed E-state index contributed by atoms with van der Waals surface area (Å²) in [6.07, 6.45) is 0. The number of hydrogen-bond donors (Lipinski definition) is 1. The largest absolute Gasteiger partial charge is 0.365 e. The smallest absolute Gasteiger partial charge is 0.300 e. The molecule has 0 aliphatic heterocycles. The molecule has 1 aromatic carbocycles. The zero-order chi connectivity index (χ0) is 10.9. The lowest BCUT2D eigenvalue weighted by Gasteiger charge is -2.03. The van der Waals surface area contributed by atoms with Crippen molar-refractivity contribution >= 4 is 23.2 Å². The third kappa shape index (κ3) is 1.67. The van der Waals surface area contributed by atoms with Crippen LogP contribution in [0.1, 0.15) is 15.9 Å². The van der Waals surface area contributed by atoms with Gasteiger partial charge < -0.3 is 5.73 Å². The Morgan fingerprint density at radius 1 is 1.57 bits per heavy atom. The maximum absolute atomic E-state index is 11.0. The minimum atomic E-state index is -0.850. The van der Waals surface area contributed by atoms with Gasteiger partial charge in [0, 0.05) is 0 Å². The number of halogens is 1. The van der Waals surface area contributed by atoms with Crippen molar-refractivity contribution in [2.45, 2.75) is 6.92 Å². The molecule has 5 nitrogen and oxygen atoms in total. The Morgan fingerprint density at radius 2 is 2.14 bits per heavy atom. The van der Waals surface area contributed by atoms with Crippen molar-refractivity contribution in [1.82, 2.24) is 0 Å². The number of carbonyl (C=O) groups excluding carboxylic acids is 1. The molecule has 1 rings (SSSR count). The summed E-state index contributed by atoms with van der Waals surface area (Å²) in [7, 11) is 0. The molecule has 0 radical (unpaired) electrons. The van der Waals surface area contributed by atoms with Crippen molar-refractivity contribution in [3.63, 3.8) is 0 Å². The molecule has 0 aliphatic rings. The maximum Gasteiger partial charge on any atom is 0.300 e. The SMILES string of the molecule is Cc1ccc(Cl)c([N+](=O)[O-])c1C(N)=O. The van der Waals surface area contributed by atoms with Crippen molar-refractivity contribution in [2.75, 3.05) is 0 Å². The fourth-order valence-electron chi connectivity index (χ4n) is 1.16. The van der Waals surface area contributed by atoms with E-state index < -0.39 is 16.5 Å². The standard InChI is InChI=1S/C8H7ClN2O3/c1-4-2-3-5(9)7(11(13)14)6(4)8(10)12/h2-3H,1H3,(H2,10,12). The van der Waals surface area contributed by atoms with Gasteiger partial charge in [0.25, 0.3) is 5.91 Å². The third-order valence-corrected chi connectivity index (χ3v) is 2.07. The van der Waals surface area contributed by atoms with E-state index in [4.69, 9.17) is 17.3 Å². The predicted octanol–water partition coefficient (Wildman–Crippen LogP) is 1.66. The second-order valence-corrected chi connectivity index (χ2v) is 3.12. The fourth-order valence-corrected chi connectivity index (χ4v) is 1.38. The van der Waals surface area contributed by atoms with Crippen LogP contribution in [0.4, 0.5) is 5.69 Å². The first-order valence-electron chi connectivity index (χ1n) is 3.68. The van der Waals surface area contributed by atoms with Gasteiger partial charge in [-0.05, 0) is 18.6 Å². The van der Waals surface area contributed by atoms with Crippen molar-refractivity contribution in [2.24, 2.45) is 5.73 Å². The van der Waals surface area contributed by atoms with Crippen molar-refractivity contribution in [1.29, 1.82) is 0 Å². The van der Waals surface area contributed by atoms with Crippen molar-refractivity contribution in [3.8, 4) is 0 Å². The van der Waals surface area contributed by atoms with Crippen LogP contribution < -0.4 is 5.73 Å². The lowest BCUT2D eigenvalue weighted by Crippen LogP contribution is -2.15. The molecule has 1 amide bonds. The molecular formula is C8H7ClN2O3. The number of rotatable bonds is 2. The van der Waals surface area contributed by atoms with Gasteiger partial charge in [0.05, 0.1) is 4.92 Å². The molecule has 0 bridgehead atoms. The minimum absolute atomic E-state index is 0.0885. The zero-order valence-electron chi connectivity index (χ0n) is 7.28. The van der Waals surface area contributed by atoms with Crippen LogP contribution in [-0.2, 0) is 0 Å². The van der Waals surface area contributed by atoms with Crippen molar-refractivity contribution in [3.05, 3.63) is 38.4 Å². The molecule has 0 spiro atoms. The molecule has 0 aromatic heterocycles. The number of benzene rings is 1. The summed E-state index contributed by atoms with van der Waals surface area (Å²) >= 11 is 5.59. The maximum atomic E-state index is 11.0. The van der Waals surface area contributed by atoms with Crippen LogP contribution in [0.25, 0.3) is 0 Å². The van der Waals surface area contributed by atoms with E-state index in [1.165, 1.54) is 12.1 Å². The summed E-state index contributed by atoms with van der Waals surface area (Å²) in [5.41, 5.74) is 4.89. The first-order valence-corrected chi connectivity index (χ1v) is 4.06. The van der Waals surface area contributed by atoms with E-state index >= 15 is 0 Å². The lowest BCUT2D eigenvalue weighted by atomic mass is 10.1. The number of nitro groups is 1. The van der Waals surface area contributed by atoms with E-state index in [0.717, 1.165) is 0 Å². The number of amides is 1. The molecule has 74 valence electrons. The molecule has 0 fully saturated rings. The summed E-state index contributed by atoms with van der Waals surface area (Å²) in [4.78, 5) is 20.9. The van der Waals surface area contributed by atoms with E-state index in [1.807, 2.05) is 0 Å². The Bertz CT molecular complexity index is 378. The predicted molar refractivity (Wildman–Crippen MR) is 51.4 cm³/mol. The molecule has 1 aromatic rings. The van der Waals surface area contributed by atoms with Gasteiger partial charge in [0.2, 0.25) is 0 Å². The van der Waals surface area contributed by atoms with Crippen LogP contribution in [0.2, 0.25) is 5.02 Å². The van der Waals surface area contributed by atoms with Crippen LogP contribution in [0.15, 0.2) is 12.1 Å². The second kappa shape index (κ2) is 3.63. The normalized spacial score (nSPS) is 9.86. The van der Waals surface area contributed by atoms with E-state index in [0.29, 0.717) is 5.56 Å². The Hall–Kier alpha value is -1.62. The lowest BCUT2D eigenvalue weighted by molar-refractivity contribution is -0.385. The molecule has 2 N–H and O–H groups in total. The van der Waals surface area contributed by atoms with Crippen LogP contribution in [0.5, 0.6) is 0 Å². The Balaban J connectivity index is 3.58. The summed E-state index contributed by atoms with van der Waals surface area (Å²) in [5, 5.41) is 10.5. The van der Waals surface area contributed by atoms with Gasteiger partial charge >= 0.3 is 5.69 Å². The Labute approximate surface area is 84.6 Å². The first kappa shape index (κ1) is 10.5. The van der Waals surface area contributed by atoms with Gasteiger partial charge in [-0.2, -0.15) is 0 Å². The average Bonchev–Trinajstić information content (AvgIpc) is 2.07. The minimum Gasteiger partial charge on any atom is -0.365 e. The summed E-state index contributed by atoms with van der Waals surface area (Å²) in [5.74, 6) is -0.850. The highest BCUT2D eigenvalue weighted by Gasteiger charge is 2.24. The second-order valence-electron chi connectivity index (χ2n) is 2.71. The van der Waals surface area contributed by atoms with Gasteiger partial charge in [-0.1, -0.05) is 17.7 Å². The number of nitrogens with zero attached hydrogens (tertiary/aromatic N) is 1. The highest BCUT2D eigenvalue weighted by Crippen LogP contribution is 2.30. The average molecular weight is 215 g/mol. The molecule has 6 heteroatoms. The number of nitrogens with two attached hydrogens (primary N) is 1. The van der Waals surface area contributed by atoms with Crippen LogP contribution in [-0.4, -0.2) is 10.8 Å². The molecule has 0 unspecified atom stereocenters. The highest BCUT2D eigenvalue weighted by molar-refractivity contribution is 6.33. The Morgan fingerprint density at radius 3 is 2.50 bits per heavy atom. The van der Waals surface area contributed by atoms with Gasteiger partial charge in [-0.3, -0.25) is 14.9 Å². The van der Waals surface area contributed by atoms with E-state index in [9.17, 15) is 14.9 Å². The molecule has 0 heterocycles. The number of nitro benzene ring substituents is 1. The van der Waals surface area contributed by atoms with Crippen LogP contribution >= 0.6 is 11.6 Å². The monoisotopic (exact) mass is 214 g/mol.